The van der Waals surface area contributed by atoms with Crippen molar-refractivity contribution in [2.24, 2.45) is 5.41 Å². The summed E-state index contributed by atoms with van der Waals surface area (Å²) in [5, 5.41) is 1.16. The molecule has 0 unspecified atom stereocenters. The first-order chi connectivity index (χ1) is 7.37. The van der Waals surface area contributed by atoms with Crippen molar-refractivity contribution >= 4 is 24.1 Å². The van der Waals surface area contributed by atoms with Gasteiger partial charge in [-0.1, -0.05) is 0 Å². The third-order valence-corrected chi connectivity index (χ3v) is 4.38. The van der Waals surface area contributed by atoms with Crippen LogP contribution in [0.15, 0.2) is 24.2 Å². The molecule has 1 aromatic carbocycles. The predicted molar refractivity (Wildman–Crippen MR) is 68.8 cm³/mol. The summed E-state index contributed by atoms with van der Waals surface area (Å²) in [4.78, 5) is 0. The summed E-state index contributed by atoms with van der Waals surface area (Å²) in [6.07, 6.45) is 1.11. The predicted octanol–water partition coefficient (Wildman–Crippen LogP) is 3.79. The fourth-order valence-electron chi connectivity index (χ4n) is 1.86. The minimum absolute atomic E-state index is 0.339. The molecule has 0 saturated carbocycles. The monoisotopic (exact) mass is 267 g/mol. The summed E-state index contributed by atoms with van der Waals surface area (Å²) < 4.78 is 10.6. The Morgan fingerprint density at radius 3 is 2.73 bits per heavy atom. The SMILES string of the molecule is [2H]c1c(C)[se]c2cc(CC(C)(C)C)ccc12. The van der Waals surface area contributed by atoms with Crippen molar-refractivity contribution in [3.05, 3.63) is 34.2 Å². The van der Waals surface area contributed by atoms with Crippen molar-refractivity contribution in [3.8, 4) is 0 Å². The molecule has 2 rings (SSSR count). The van der Waals surface area contributed by atoms with Gasteiger partial charge in [0.15, 0.2) is 0 Å². The van der Waals surface area contributed by atoms with Crippen LogP contribution in [0.4, 0.5) is 0 Å². The van der Waals surface area contributed by atoms with Crippen LogP contribution in [-0.4, -0.2) is 14.5 Å². The maximum absolute atomic E-state index is 7.97. The molecule has 0 N–H and O–H groups in total. The number of fused-ring (bicyclic) bond motifs is 1. The minimum atomic E-state index is 0.339. The molecule has 0 radical (unpaired) electrons. The van der Waals surface area contributed by atoms with Gasteiger partial charge in [0.2, 0.25) is 0 Å². The van der Waals surface area contributed by atoms with Gasteiger partial charge in [-0.2, -0.15) is 0 Å². The second kappa shape index (κ2) is 3.81. The molecular formula is C14H18Se. The molecule has 0 aliphatic rings. The Morgan fingerprint density at radius 1 is 1.33 bits per heavy atom. The zero-order valence-electron chi connectivity index (χ0n) is 10.8. The zero-order chi connectivity index (χ0) is 11.9. The van der Waals surface area contributed by atoms with Crippen LogP contribution < -0.4 is 0 Å². The standard InChI is InChI=1S/C14H18Se/c1-10-7-12-6-5-11(8-13(12)15-10)9-14(2,3)4/h5-8H,9H2,1-4H3/i7D. The van der Waals surface area contributed by atoms with E-state index >= 15 is 0 Å². The van der Waals surface area contributed by atoms with Crippen LogP contribution in [0.25, 0.3) is 9.65 Å². The van der Waals surface area contributed by atoms with Crippen molar-refractivity contribution in [3.63, 3.8) is 0 Å². The Labute approximate surface area is 99.5 Å². The van der Waals surface area contributed by atoms with Gasteiger partial charge in [-0.05, 0) is 0 Å². The van der Waals surface area contributed by atoms with Crippen LogP contribution in [0.2, 0.25) is 0 Å². The van der Waals surface area contributed by atoms with Gasteiger partial charge in [0, 0.05) is 0 Å². The second-order valence-electron chi connectivity index (χ2n) is 5.35. The first kappa shape index (κ1) is 9.69. The van der Waals surface area contributed by atoms with E-state index < -0.39 is 0 Å². The number of benzene rings is 1. The topological polar surface area (TPSA) is 0 Å². The summed E-state index contributed by atoms with van der Waals surface area (Å²) in [7, 11) is 0. The van der Waals surface area contributed by atoms with E-state index in [1.54, 1.807) is 0 Å². The van der Waals surface area contributed by atoms with Gasteiger partial charge in [-0.3, -0.25) is 0 Å². The summed E-state index contributed by atoms with van der Waals surface area (Å²) in [5.74, 6) is 0. The molecule has 0 nitrogen and oxygen atoms in total. The molecule has 80 valence electrons. The normalized spacial score (nSPS) is 13.2. The number of aryl methyl sites for hydroxylation is 1. The van der Waals surface area contributed by atoms with Crippen molar-refractivity contribution in [1.82, 2.24) is 0 Å². The van der Waals surface area contributed by atoms with Gasteiger partial charge in [0.05, 0.1) is 0 Å². The van der Waals surface area contributed by atoms with Crippen molar-refractivity contribution in [2.75, 3.05) is 0 Å². The molecule has 0 aliphatic carbocycles. The van der Waals surface area contributed by atoms with Gasteiger partial charge < -0.3 is 0 Å². The Hall–Kier alpha value is -0.521. The molecule has 1 heteroatoms. The van der Waals surface area contributed by atoms with Crippen LogP contribution in [0, 0.1) is 12.3 Å². The molecule has 0 saturated heterocycles. The molecule has 0 bridgehead atoms. The third kappa shape index (κ3) is 2.74. The summed E-state index contributed by atoms with van der Waals surface area (Å²) in [6, 6.07) is 7.40. The molecule has 0 spiro atoms. The fourth-order valence-corrected chi connectivity index (χ4v) is 3.81. The van der Waals surface area contributed by atoms with E-state index in [4.69, 9.17) is 1.37 Å². The van der Waals surface area contributed by atoms with E-state index in [9.17, 15) is 0 Å². The first-order valence-electron chi connectivity index (χ1n) is 5.85. The van der Waals surface area contributed by atoms with Gasteiger partial charge in [-0.15, -0.1) is 0 Å². The summed E-state index contributed by atoms with van der Waals surface area (Å²) in [6.45, 7) is 8.89. The average molecular weight is 266 g/mol. The molecule has 0 aliphatic heterocycles. The van der Waals surface area contributed by atoms with Crippen LogP contribution in [0.5, 0.6) is 0 Å². The average Bonchev–Trinajstić information content (AvgIpc) is 2.40. The number of rotatable bonds is 1. The van der Waals surface area contributed by atoms with E-state index in [0.29, 0.717) is 19.9 Å². The number of hydrogen-bond acceptors (Lipinski definition) is 0. The summed E-state index contributed by atoms with van der Waals surface area (Å²) in [5.41, 5.74) is 1.75. The van der Waals surface area contributed by atoms with Crippen LogP contribution in [0.1, 0.15) is 32.1 Å². The van der Waals surface area contributed by atoms with Crippen molar-refractivity contribution in [2.45, 2.75) is 34.1 Å². The maximum atomic E-state index is 7.97. The Morgan fingerprint density at radius 2 is 2.07 bits per heavy atom. The molecule has 2 aromatic rings. The fraction of sp³-hybridized carbons (Fsp3) is 0.429. The Bertz CT molecular complexity index is 517. The van der Waals surface area contributed by atoms with Gasteiger partial charge >= 0.3 is 99.3 Å². The van der Waals surface area contributed by atoms with E-state index in [1.807, 2.05) is 0 Å². The van der Waals surface area contributed by atoms with Crippen LogP contribution >= 0.6 is 0 Å². The molecule has 0 amide bonds. The van der Waals surface area contributed by atoms with Crippen molar-refractivity contribution in [1.29, 1.82) is 0 Å². The molecular weight excluding hydrogens is 247 g/mol. The molecule has 0 fully saturated rings. The van der Waals surface area contributed by atoms with Gasteiger partial charge in [0.1, 0.15) is 0 Å². The third-order valence-electron chi connectivity index (χ3n) is 2.35. The molecule has 15 heavy (non-hydrogen) atoms. The summed E-state index contributed by atoms with van der Waals surface area (Å²) >= 11 is 0.389. The number of hydrogen-bond donors (Lipinski definition) is 0. The Balaban J connectivity index is 2.45. The van der Waals surface area contributed by atoms with E-state index in [1.165, 1.54) is 14.3 Å². The van der Waals surface area contributed by atoms with Gasteiger partial charge in [0.25, 0.3) is 0 Å². The second-order valence-corrected chi connectivity index (χ2v) is 7.99. The Kier molecular flexibility index (Phi) is 2.46. The van der Waals surface area contributed by atoms with Crippen LogP contribution in [-0.2, 0) is 6.42 Å². The molecule has 1 heterocycles. The van der Waals surface area contributed by atoms with Gasteiger partial charge in [-0.25, -0.2) is 0 Å². The zero-order valence-corrected chi connectivity index (χ0v) is 11.6. The molecule has 0 atom stereocenters. The molecule has 1 aromatic heterocycles. The quantitative estimate of drug-likeness (QED) is 0.689. The van der Waals surface area contributed by atoms with Crippen LogP contribution in [0.3, 0.4) is 0 Å². The first-order valence-corrected chi connectivity index (χ1v) is 7.07. The van der Waals surface area contributed by atoms with E-state index in [-0.39, 0.29) is 0 Å². The van der Waals surface area contributed by atoms with E-state index in [0.717, 1.165) is 17.8 Å². The van der Waals surface area contributed by atoms with E-state index in [2.05, 4.69) is 45.9 Å². The van der Waals surface area contributed by atoms with Crippen molar-refractivity contribution < 1.29 is 1.37 Å².